The molecule has 0 amide bonds. The van der Waals surface area contributed by atoms with E-state index in [-0.39, 0.29) is 0 Å². The van der Waals surface area contributed by atoms with Gasteiger partial charge in [-0.1, -0.05) is 13.3 Å². The zero-order valence-corrected chi connectivity index (χ0v) is 11.7. The summed E-state index contributed by atoms with van der Waals surface area (Å²) < 4.78 is 0. The summed E-state index contributed by atoms with van der Waals surface area (Å²) in [6.45, 7) is 7.13. The molecule has 3 nitrogen and oxygen atoms in total. The Hall–Kier alpha value is -1.09. The first-order chi connectivity index (χ1) is 8.80. The second kappa shape index (κ2) is 6.19. The highest BCUT2D eigenvalue weighted by molar-refractivity contribution is 5.50. The monoisotopic (exact) mass is 247 g/mol. The van der Waals surface area contributed by atoms with Crippen molar-refractivity contribution in [1.82, 2.24) is 4.98 Å². The van der Waals surface area contributed by atoms with Crippen LogP contribution in [0, 0.1) is 0 Å². The predicted octanol–water partition coefficient (Wildman–Crippen LogP) is 2.66. The smallest absolute Gasteiger partial charge is 0.133 e. The van der Waals surface area contributed by atoms with Crippen LogP contribution in [0.25, 0.3) is 0 Å². The van der Waals surface area contributed by atoms with Crippen molar-refractivity contribution < 1.29 is 0 Å². The van der Waals surface area contributed by atoms with Crippen LogP contribution in [0.1, 0.15) is 49.9 Å². The quantitative estimate of drug-likeness (QED) is 0.840. The maximum Gasteiger partial charge on any atom is 0.133 e. The molecule has 18 heavy (non-hydrogen) atoms. The van der Waals surface area contributed by atoms with Gasteiger partial charge in [0.1, 0.15) is 5.82 Å². The number of fused-ring (bicyclic) bond motifs is 1. The number of rotatable bonds is 6. The largest absolute Gasteiger partial charge is 0.357 e. The number of pyridine rings is 1. The number of unbranched alkanes of at least 4 members (excludes halogenated alkanes) is 1. The SMILES string of the molecule is CCCCN(CC)c1nc2c(cc1CN)CCC2. The summed E-state index contributed by atoms with van der Waals surface area (Å²) in [5.74, 6) is 1.13. The molecule has 0 spiro atoms. The molecule has 0 aromatic carbocycles. The molecule has 0 saturated carbocycles. The van der Waals surface area contributed by atoms with E-state index in [2.05, 4.69) is 24.8 Å². The Bertz CT molecular complexity index is 401. The Balaban J connectivity index is 2.29. The fraction of sp³-hybridized carbons (Fsp3) is 0.667. The molecule has 3 heteroatoms. The summed E-state index contributed by atoms with van der Waals surface area (Å²) in [6.07, 6.45) is 6.00. The first-order valence-electron chi connectivity index (χ1n) is 7.26. The minimum atomic E-state index is 0.595. The van der Waals surface area contributed by atoms with E-state index < -0.39 is 0 Å². The van der Waals surface area contributed by atoms with Crippen molar-refractivity contribution in [3.8, 4) is 0 Å². The Labute approximate surface area is 110 Å². The molecule has 2 N–H and O–H groups in total. The number of hydrogen-bond donors (Lipinski definition) is 1. The minimum absolute atomic E-state index is 0.595. The lowest BCUT2D eigenvalue weighted by Gasteiger charge is -2.25. The molecule has 0 bridgehead atoms. The van der Waals surface area contributed by atoms with Crippen LogP contribution in [0.15, 0.2) is 6.07 Å². The zero-order valence-electron chi connectivity index (χ0n) is 11.7. The second-order valence-corrected chi connectivity index (χ2v) is 5.07. The summed E-state index contributed by atoms with van der Waals surface area (Å²) in [5, 5.41) is 0. The van der Waals surface area contributed by atoms with Gasteiger partial charge in [-0.3, -0.25) is 0 Å². The number of aryl methyl sites for hydroxylation is 2. The summed E-state index contributed by atoms with van der Waals surface area (Å²) in [5.41, 5.74) is 9.84. The molecule has 1 aliphatic carbocycles. The molecule has 1 aromatic heterocycles. The fourth-order valence-corrected chi connectivity index (χ4v) is 2.70. The first kappa shape index (κ1) is 13.3. The van der Waals surface area contributed by atoms with Gasteiger partial charge in [-0.05, 0) is 44.2 Å². The van der Waals surface area contributed by atoms with E-state index in [9.17, 15) is 0 Å². The van der Waals surface area contributed by atoms with Crippen LogP contribution in [0.4, 0.5) is 5.82 Å². The maximum atomic E-state index is 5.90. The highest BCUT2D eigenvalue weighted by atomic mass is 15.2. The van der Waals surface area contributed by atoms with E-state index >= 15 is 0 Å². The van der Waals surface area contributed by atoms with Gasteiger partial charge in [-0.25, -0.2) is 4.98 Å². The fourth-order valence-electron chi connectivity index (χ4n) is 2.70. The molecule has 2 rings (SSSR count). The lowest BCUT2D eigenvalue weighted by atomic mass is 10.1. The van der Waals surface area contributed by atoms with Crippen molar-refractivity contribution in [2.24, 2.45) is 5.73 Å². The van der Waals surface area contributed by atoms with Gasteiger partial charge in [-0.2, -0.15) is 0 Å². The maximum absolute atomic E-state index is 5.90. The lowest BCUT2D eigenvalue weighted by Crippen LogP contribution is -2.27. The summed E-state index contributed by atoms with van der Waals surface area (Å²) >= 11 is 0. The number of hydrogen-bond acceptors (Lipinski definition) is 3. The molecule has 0 radical (unpaired) electrons. The van der Waals surface area contributed by atoms with Crippen LogP contribution in [-0.2, 0) is 19.4 Å². The van der Waals surface area contributed by atoms with Crippen molar-refractivity contribution in [2.45, 2.75) is 52.5 Å². The van der Waals surface area contributed by atoms with E-state index in [4.69, 9.17) is 10.7 Å². The van der Waals surface area contributed by atoms with E-state index in [0.29, 0.717) is 6.54 Å². The Morgan fingerprint density at radius 1 is 1.33 bits per heavy atom. The summed E-state index contributed by atoms with van der Waals surface area (Å²) in [7, 11) is 0. The molecule has 0 unspecified atom stereocenters. The zero-order chi connectivity index (χ0) is 13.0. The highest BCUT2D eigenvalue weighted by Gasteiger charge is 2.18. The van der Waals surface area contributed by atoms with E-state index in [1.807, 2.05) is 0 Å². The van der Waals surface area contributed by atoms with Crippen molar-refractivity contribution in [1.29, 1.82) is 0 Å². The van der Waals surface area contributed by atoms with Crippen molar-refractivity contribution in [3.63, 3.8) is 0 Å². The van der Waals surface area contributed by atoms with Crippen LogP contribution in [0.2, 0.25) is 0 Å². The van der Waals surface area contributed by atoms with Gasteiger partial charge in [0.25, 0.3) is 0 Å². The predicted molar refractivity (Wildman–Crippen MR) is 76.9 cm³/mol. The van der Waals surface area contributed by atoms with Crippen LogP contribution in [0.5, 0.6) is 0 Å². The van der Waals surface area contributed by atoms with Crippen molar-refractivity contribution in [3.05, 3.63) is 22.9 Å². The third-order valence-corrected chi connectivity index (χ3v) is 3.79. The normalized spacial score (nSPS) is 13.7. The van der Waals surface area contributed by atoms with Crippen molar-refractivity contribution in [2.75, 3.05) is 18.0 Å². The van der Waals surface area contributed by atoms with Crippen molar-refractivity contribution >= 4 is 5.82 Å². The number of aromatic nitrogens is 1. The minimum Gasteiger partial charge on any atom is -0.357 e. The molecule has 0 aliphatic heterocycles. The lowest BCUT2D eigenvalue weighted by molar-refractivity contribution is 0.717. The third-order valence-electron chi connectivity index (χ3n) is 3.79. The van der Waals surface area contributed by atoms with Gasteiger partial charge in [0.05, 0.1) is 0 Å². The van der Waals surface area contributed by atoms with E-state index in [0.717, 1.165) is 25.3 Å². The molecule has 100 valence electrons. The third kappa shape index (κ3) is 2.66. The molecular weight excluding hydrogens is 222 g/mol. The summed E-state index contributed by atoms with van der Waals surface area (Å²) in [4.78, 5) is 7.27. The first-order valence-corrected chi connectivity index (χ1v) is 7.26. The molecule has 0 saturated heterocycles. The number of nitrogens with two attached hydrogens (primary N) is 1. The Morgan fingerprint density at radius 2 is 2.17 bits per heavy atom. The van der Waals surface area contributed by atoms with Crippen LogP contribution in [-0.4, -0.2) is 18.1 Å². The van der Waals surface area contributed by atoms with Gasteiger partial charge < -0.3 is 10.6 Å². The van der Waals surface area contributed by atoms with Gasteiger partial charge in [0.15, 0.2) is 0 Å². The van der Waals surface area contributed by atoms with Gasteiger partial charge >= 0.3 is 0 Å². The molecule has 0 fully saturated rings. The van der Waals surface area contributed by atoms with E-state index in [1.54, 1.807) is 0 Å². The standard InChI is InChI=1S/C15H25N3/c1-3-5-9-18(4-2)15-13(11-16)10-12-7-6-8-14(12)17-15/h10H,3-9,11,16H2,1-2H3. The molecule has 0 atom stereocenters. The molecule has 1 aliphatic rings. The number of nitrogens with zero attached hydrogens (tertiary/aromatic N) is 2. The molecular formula is C15H25N3. The summed E-state index contributed by atoms with van der Waals surface area (Å²) in [6, 6.07) is 2.29. The molecule has 1 heterocycles. The van der Waals surface area contributed by atoms with E-state index in [1.165, 1.54) is 42.5 Å². The highest BCUT2D eigenvalue weighted by Crippen LogP contribution is 2.27. The van der Waals surface area contributed by atoms with Crippen LogP contribution in [0.3, 0.4) is 0 Å². The average Bonchev–Trinajstić information content (AvgIpc) is 2.85. The van der Waals surface area contributed by atoms with Crippen LogP contribution >= 0.6 is 0 Å². The Morgan fingerprint density at radius 3 is 2.83 bits per heavy atom. The number of anilines is 1. The average molecular weight is 247 g/mol. The molecule has 1 aromatic rings. The topological polar surface area (TPSA) is 42.2 Å². The second-order valence-electron chi connectivity index (χ2n) is 5.07. The van der Waals surface area contributed by atoms with Gasteiger partial charge in [-0.15, -0.1) is 0 Å². The van der Waals surface area contributed by atoms with Gasteiger partial charge in [0, 0.05) is 30.9 Å². The Kier molecular flexibility index (Phi) is 4.59. The van der Waals surface area contributed by atoms with Crippen LogP contribution < -0.4 is 10.6 Å². The van der Waals surface area contributed by atoms with Gasteiger partial charge in [0.2, 0.25) is 0 Å².